The van der Waals surface area contributed by atoms with Crippen LogP contribution in [-0.4, -0.2) is 48.1 Å². The highest BCUT2D eigenvalue weighted by atomic mass is 19.2. The van der Waals surface area contributed by atoms with Crippen molar-refractivity contribution in [1.29, 1.82) is 0 Å². The number of fused-ring (bicyclic) bond motifs is 1. The third-order valence-corrected chi connectivity index (χ3v) is 4.63. The van der Waals surface area contributed by atoms with Crippen molar-refractivity contribution in [3.63, 3.8) is 0 Å². The van der Waals surface area contributed by atoms with Gasteiger partial charge in [-0.3, -0.25) is 0 Å². The molecule has 4 rings (SSSR count). The minimum atomic E-state index is -0.947. The van der Waals surface area contributed by atoms with Crippen LogP contribution in [0.25, 0.3) is 22.2 Å². The van der Waals surface area contributed by atoms with E-state index < -0.39 is 17.5 Å². The molecule has 0 unspecified atom stereocenters. The Morgan fingerprint density at radius 3 is 2.35 bits per heavy atom. The molecule has 0 bridgehead atoms. The summed E-state index contributed by atoms with van der Waals surface area (Å²) in [5, 5.41) is 0.593. The molecule has 1 fully saturated rings. The molecule has 0 radical (unpaired) electrons. The first-order chi connectivity index (χ1) is 12.5. The largest absolute Gasteiger partial charge is 0.338 e. The van der Waals surface area contributed by atoms with Crippen molar-refractivity contribution in [2.24, 2.45) is 0 Å². The molecule has 4 nitrogen and oxygen atoms in total. The lowest BCUT2D eigenvalue weighted by Gasteiger charge is -2.32. The molecule has 1 aliphatic heterocycles. The lowest BCUT2D eigenvalue weighted by molar-refractivity contribution is 0.311. The fourth-order valence-electron chi connectivity index (χ4n) is 3.10. The van der Waals surface area contributed by atoms with Gasteiger partial charge in [-0.25, -0.2) is 23.1 Å². The molecule has 0 amide bonds. The zero-order valence-electron chi connectivity index (χ0n) is 14.2. The zero-order chi connectivity index (χ0) is 18.3. The van der Waals surface area contributed by atoms with Crippen molar-refractivity contribution in [2.45, 2.75) is 0 Å². The summed E-state index contributed by atoms with van der Waals surface area (Å²) < 4.78 is 40.8. The fraction of sp³-hybridized carbons (Fsp3) is 0.263. The Balaban J connectivity index is 1.88. The van der Waals surface area contributed by atoms with Crippen LogP contribution in [0.1, 0.15) is 0 Å². The lowest BCUT2D eigenvalue weighted by Crippen LogP contribution is -2.45. The van der Waals surface area contributed by atoms with Crippen LogP contribution in [-0.2, 0) is 0 Å². The second-order valence-electron chi connectivity index (χ2n) is 6.45. The third kappa shape index (κ3) is 3.10. The zero-order valence-corrected chi connectivity index (χ0v) is 14.2. The van der Waals surface area contributed by atoms with E-state index in [9.17, 15) is 13.2 Å². The minimum Gasteiger partial charge on any atom is -0.338 e. The van der Waals surface area contributed by atoms with Gasteiger partial charge in [0.25, 0.3) is 0 Å². The molecule has 7 heteroatoms. The molecule has 134 valence electrons. The van der Waals surface area contributed by atoms with Gasteiger partial charge in [-0.15, -0.1) is 0 Å². The van der Waals surface area contributed by atoms with Crippen molar-refractivity contribution in [2.75, 3.05) is 38.1 Å². The molecule has 1 saturated heterocycles. The standard InChI is InChI=1S/C19H17F3N4/c1-25-6-8-26(9-7-25)19-23-17-11-13(20)3-4-14(17)18(24-19)12-2-5-15(21)16(22)10-12/h2-5,10-11H,6-9H2,1H3. The summed E-state index contributed by atoms with van der Waals surface area (Å²) in [6, 6.07) is 7.85. The maximum Gasteiger partial charge on any atom is 0.226 e. The Hall–Kier alpha value is -2.67. The molecule has 3 aromatic rings. The molecule has 2 heterocycles. The van der Waals surface area contributed by atoms with Crippen molar-refractivity contribution >= 4 is 16.9 Å². The summed E-state index contributed by atoms with van der Waals surface area (Å²) in [6.07, 6.45) is 0. The normalized spacial score (nSPS) is 15.6. The lowest BCUT2D eigenvalue weighted by atomic mass is 10.1. The van der Waals surface area contributed by atoms with Gasteiger partial charge in [0.05, 0.1) is 11.2 Å². The van der Waals surface area contributed by atoms with Gasteiger partial charge in [-0.2, -0.15) is 0 Å². The van der Waals surface area contributed by atoms with E-state index in [2.05, 4.69) is 14.9 Å². The first-order valence-corrected chi connectivity index (χ1v) is 8.37. The van der Waals surface area contributed by atoms with Gasteiger partial charge in [0, 0.05) is 43.2 Å². The minimum absolute atomic E-state index is 0.406. The van der Waals surface area contributed by atoms with Crippen LogP contribution in [0.5, 0.6) is 0 Å². The van der Waals surface area contributed by atoms with E-state index in [-0.39, 0.29) is 0 Å². The summed E-state index contributed by atoms with van der Waals surface area (Å²) in [5.41, 5.74) is 1.33. The van der Waals surface area contributed by atoms with Gasteiger partial charge in [0.15, 0.2) is 11.6 Å². The van der Waals surface area contributed by atoms with Crippen LogP contribution < -0.4 is 4.90 Å². The Morgan fingerprint density at radius 1 is 0.846 bits per heavy atom. The Bertz CT molecular complexity index is 968. The first kappa shape index (κ1) is 16.8. The molecule has 0 N–H and O–H groups in total. The summed E-state index contributed by atoms with van der Waals surface area (Å²) in [7, 11) is 2.04. The van der Waals surface area contributed by atoms with Gasteiger partial charge in [0.2, 0.25) is 5.95 Å². The number of likely N-dealkylation sites (N-methyl/N-ethyl adjacent to an activating group) is 1. The Labute approximate surface area is 148 Å². The SMILES string of the molecule is CN1CCN(c2nc(-c3ccc(F)c(F)c3)c3ccc(F)cc3n2)CC1. The third-order valence-electron chi connectivity index (χ3n) is 4.63. The number of anilines is 1. The summed E-state index contributed by atoms with van der Waals surface area (Å²) in [5.74, 6) is -1.80. The number of benzene rings is 2. The van der Waals surface area contributed by atoms with Crippen LogP contribution in [0.15, 0.2) is 36.4 Å². The van der Waals surface area contributed by atoms with Gasteiger partial charge in [-0.1, -0.05) is 0 Å². The molecule has 0 aliphatic carbocycles. The fourth-order valence-corrected chi connectivity index (χ4v) is 3.10. The van der Waals surface area contributed by atoms with Crippen molar-refractivity contribution in [3.05, 3.63) is 53.8 Å². The number of halogens is 3. The van der Waals surface area contributed by atoms with E-state index in [1.807, 2.05) is 11.9 Å². The number of rotatable bonds is 2. The average molecular weight is 358 g/mol. The number of hydrogen-bond donors (Lipinski definition) is 0. The number of aromatic nitrogens is 2. The topological polar surface area (TPSA) is 32.3 Å². The quantitative estimate of drug-likeness (QED) is 0.702. The molecule has 1 aromatic heterocycles. The maximum absolute atomic E-state index is 13.7. The summed E-state index contributed by atoms with van der Waals surface area (Å²) in [6.45, 7) is 3.22. The Morgan fingerprint density at radius 2 is 1.62 bits per heavy atom. The molecule has 0 saturated carbocycles. The second kappa shape index (κ2) is 6.57. The highest BCUT2D eigenvalue weighted by Gasteiger charge is 2.19. The van der Waals surface area contributed by atoms with E-state index >= 15 is 0 Å². The predicted molar refractivity (Wildman–Crippen MR) is 94.6 cm³/mol. The van der Waals surface area contributed by atoms with Gasteiger partial charge in [-0.05, 0) is 37.4 Å². The Kier molecular flexibility index (Phi) is 4.24. The van der Waals surface area contributed by atoms with Crippen LogP contribution in [0.4, 0.5) is 19.1 Å². The van der Waals surface area contributed by atoms with E-state index in [1.54, 1.807) is 6.07 Å². The van der Waals surface area contributed by atoms with Crippen LogP contribution >= 0.6 is 0 Å². The van der Waals surface area contributed by atoms with E-state index in [0.717, 1.165) is 38.3 Å². The van der Waals surface area contributed by atoms with Gasteiger partial charge in [0.1, 0.15) is 5.82 Å². The van der Waals surface area contributed by atoms with E-state index in [4.69, 9.17) is 0 Å². The highest BCUT2D eigenvalue weighted by Crippen LogP contribution is 2.30. The van der Waals surface area contributed by atoms with Crippen molar-refractivity contribution in [3.8, 4) is 11.3 Å². The monoisotopic (exact) mass is 358 g/mol. The molecule has 1 aliphatic rings. The molecule has 26 heavy (non-hydrogen) atoms. The maximum atomic E-state index is 13.7. The number of nitrogens with zero attached hydrogens (tertiary/aromatic N) is 4. The smallest absolute Gasteiger partial charge is 0.226 e. The highest BCUT2D eigenvalue weighted by molar-refractivity contribution is 5.93. The summed E-state index contributed by atoms with van der Waals surface area (Å²) in [4.78, 5) is 13.3. The molecular weight excluding hydrogens is 341 g/mol. The van der Waals surface area contributed by atoms with Crippen LogP contribution in [0.2, 0.25) is 0 Å². The van der Waals surface area contributed by atoms with Crippen LogP contribution in [0.3, 0.4) is 0 Å². The predicted octanol–water partition coefficient (Wildman–Crippen LogP) is 3.47. The second-order valence-corrected chi connectivity index (χ2v) is 6.45. The average Bonchev–Trinajstić information content (AvgIpc) is 2.63. The van der Waals surface area contributed by atoms with Gasteiger partial charge < -0.3 is 9.80 Å². The molecular formula is C19H17F3N4. The van der Waals surface area contributed by atoms with Crippen molar-refractivity contribution < 1.29 is 13.2 Å². The van der Waals surface area contributed by atoms with E-state index in [0.29, 0.717) is 28.1 Å². The molecule has 2 aromatic carbocycles. The molecule has 0 atom stereocenters. The first-order valence-electron chi connectivity index (χ1n) is 8.37. The molecule has 0 spiro atoms. The number of hydrogen-bond acceptors (Lipinski definition) is 4. The van der Waals surface area contributed by atoms with Gasteiger partial charge >= 0.3 is 0 Å². The number of piperazine rings is 1. The van der Waals surface area contributed by atoms with Crippen molar-refractivity contribution in [1.82, 2.24) is 14.9 Å². The van der Waals surface area contributed by atoms with Crippen LogP contribution in [0, 0.1) is 17.5 Å². The van der Waals surface area contributed by atoms with E-state index in [1.165, 1.54) is 18.2 Å². The summed E-state index contributed by atoms with van der Waals surface area (Å²) >= 11 is 0.